The molecule has 31 heavy (non-hydrogen) atoms. The van der Waals surface area contributed by atoms with Crippen LogP contribution in [0, 0.1) is 0 Å². The van der Waals surface area contributed by atoms with Gasteiger partial charge in [0.1, 0.15) is 11.6 Å². The summed E-state index contributed by atoms with van der Waals surface area (Å²) in [7, 11) is 0. The molecule has 0 aliphatic carbocycles. The number of anilines is 1. The van der Waals surface area contributed by atoms with Crippen molar-refractivity contribution in [3.8, 4) is 5.75 Å². The van der Waals surface area contributed by atoms with Crippen LogP contribution in [0.4, 0.5) is 5.82 Å². The lowest BCUT2D eigenvalue weighted by molar-refractivity contribution is -0.125. The van der Waals surface area contributed by atoms with E-state index in [1.165, 1.54) is 6.08 Å². The van der Waals surface area contributed by atoms with Crippen molar-refractivity contribution < 1.29 is 9.90 Å². The van der Waals surface area contributed by atoms with Crippen LogP contribution in [0.1, 0.15) is 29.2 Å². The summed E-state index contributed by atoms with van der Waals surface area (Å²) in [6.45, 7) is 4.88. The zero-order chi connectivity index (χ0) is 22.2. The van der Waals surface area contributed by atoms with Gasteiger partial charge in [-0.25, -0.2) is 0 Å². The van der Waals surface area contributed by atoms with Gasteiger partial charge in [-0.15, -0.1) is 0 Å². The minimum atomic E-state index is -0.0501. The Bertz CT molecular complexity index is 1030. The fourth-order valence-electron chi connectivity index (χ4n) is 3.47. The summed E-state index contributed by atoms with van der Waals surface area (Å²) in [4.78, 5) is 20.5. The normalized spacial score (nSPS) is 15.8. The van der Waals surface area contributed by atoms with E-state index in [0.717, 1.165) is 17.7 Å². The quantitative estimate of drug-likeness (QED) is 0.485. The van der Waals surface area contributed by atoms with Crippen LogP contribution < -0.4 is 11.5 Å². The van der Waals surface area contributed by atoms with Crippen LogP contribution >= 0.6 is 0 Å². The number of nitrogens with two attached hydrogens (primary N) is 2. The van der Waals surface area contributed by atoms with Crippen LogP contribution in [0.25, 0.3) is 11.8 Å². The number of nitrogens with zero attached hydrogens (tertiary/aromatic N) is 2. The molecule has 0 saturated carbocycles. The molecule has 7 heteroatoms. The number of nitrogens with one attached hydrogen (secondary N) is 1. The first kappa shape index (κ1) is 21.7. The second kappa shape index (κ2) is 10.2. The van der Waals surface area contributed by atoms with E-state index in [9.17, 15) is 9.90 Å². The molecule has 3 heterocycles. The number of benzene rings is 1. The summed E-state index contributed by atoms with van der Waals surface area (Å²) < 4.78 is 0. The predicted octanol–water partition coefficient (Wildman–Crippen LogP) is 3.34. The van der Waals surface area contributed by atoms with Gasteiger partial charge in [0.2, 0.25) is 5.91 Å². The summed E-state index contributed by atoms with van der Waals surface area (Å²) >= 11 is 0. The molecule has 0 radical (unpaired) electrons. The highest BCUT2D eigenvalue weighted by atomic mass is 16.3. The molecule has 7 nitrogen and oxygen atoms in total. The van der Waals surface area contributed by atoms with Crippen molar-refractivity contribution in [2.45, 2.75) is 12.3 Å². The Morgan fingerprint density at radius 2 is 1.97 bits per heavy atom. The molecule has 1 aromatic carbocycles. The average molecular weight is 418 g/mol. The van der Waals surface area contributed by atoms with Gasteiger partial charge in [0.05, 0.1) is 0 Å². The molecule has 1 fully saturated rings. The van der Waals surface area contributed by atoms with Crippen LogP contribution in [0.2, 0.25) is 0 Å². The molecule has 1 saturated heterocycles. The van der Waals surface area contributed by atoms with Crippen molar-refractivity contribution >= 4 is 23.5 Å². The third-order valence-electron chi connectivity index (χ3n) is 5.11. The van der Waals surface area contributed by atoms with E-state index in [0.29, 0.717) is 30.2 Å². The van der Waals surface area contributed by atoms with Crippen molar-refractivity contribution in [3.63, 3.8) is 0 Å². The molecule has 1 amide bonds. The third-order valence-corrected chi connectivity index (χ3v) is 5.11. The minimum Gasteiger partial charge on any atom is -0.507 e. The largest absolute Gasteiger partial charge is 0.507 e. The molecule has 4 rings (SSSR count). The van der Waals surface area contributed by atoms with Crippen molar-refractivity contribution in [1.82, 2.24) is 14.9 Å². The van der Waals surface area contributed by atoms with E-state index in [2.05, 4.69) is 16.5 Å². The Kier molecular flexibility index (Phi) is 7.11. The Balaban J connectivity index is 0.000000391. The van der Waals surface area contributed by atoms with E-state index >= 15 is 0 Å². The molecule has 6 N–H and O–H groups in total. The summed E-state index contributed by atoms with van der Waals surface area (Å²) in [5.74, 6) is 0.799. The highest BCUT2D eigenvalue weighted by Gasteiger charge is 2.27. The van der Waals surface area contributed by atoms with Crippen LogP contribution in [0.15, 0.2) is 73.6 Å². The molecule has 1 aliphatic heterocycles. The lowest BCUT2D eigenvalue weighted by Crippen LogP contribution is -2.26. The number of phenolic OH excluding ortho intramolecular Hbond substituents is 1. The molecule has 1 unspecified atom stereocenters. The van der Waals surface area contributed by atoms with Crippen molar-refractivity contribution in [1.29, 1.82) is 0 Å². The molecule has 0 bridgehead atoms. The molecule has 3 aromatic rings. The first-order valence-corrected chi connectivity index (χ1v) is 10.00. The number of rotatable bonds is 4. The number of aromatic amines is 1. The second-order valence-electron chi connectivity index (χ2n) is 7.21. The van der Waals surface area contributed by atoms with Crippen LogP contribution in [-0.2, 0) is 4.79 Å². The monoisotopic (exact) mass is 417 g/mol. The van der Waals surface area contributed by atoms with Gasteiger partial charge in [0, 0.05) is 53.9 Å². The predicted molar refractivity (Wildman–Crippen MR) is 124 cm³/mol. The van der Waals surface area contributed by atoms with Gasteiger partial charge in [-0.05, 0) is 48.9 Å². The van der Waals surface area contributed by atoms with Crippen molar-refractivity contribution in [3.05, 3.63) is 90.4 Å². The lowest BCUT2D eigenvalue weighted by Gasteiger charge is -2.13. The average Bonchev–Trinajstić information content (AvgIpc) is 3.42. The highest BCUT2D eigenvalue weighted by molar-refractivity contribution is 5.87. The first-order valence-electron chi connectivity index (χ1n) is 10.00. The second-order valence-corrected chi connectivity index (χ2v) is 7.21. The maximum absolute atomic E-state index is 11.7. The fraction of sp³-hybridized carbons (Fsp3) is 0.167. The Labute approximate surface area is 181 Å². The zero-order valence-electron chi connectivity index (χ0n) is 17.2. The maximum atomic E-state index is 11.7. The third kappa shape index (κ3) is 5.54. The van der Waals surface area contributed by atoms with Crippen LogP contribution in [-0.4, -0.2) is 39.0 Å². The van der Waals surface area contributed by atoms with Gasteiger partial charge in [-0.2, -0.15) is 0 Å². The number of likely N-dealkylation sites (tertiary alicyclic amines) is 1. The lowest BCUT2D eigenvalue weighted by atomic mass is 10.0. The number of hydrogen-bond acceptors (Lipinski definition) is 5. The summed E-state index contributed by atoms with van der Waals surface area (Å²) in [5.41, 5.74) is 14.9. The van der Waals surface area contributed by atoms with Gasteiger partial charge >= 0.3 is 0 Å². The number of pyridine rings is 1. The summed E-state index contributed by atoms with van der Waals surface area (Å²) in [6, 6.07) is 14.6. The highest BCUT2D eigenvalue weighted by Crippen LogP contribution is 2.31. The van der Waals surface area contributed by atoms with E-state index in [1.54, 1.807) is 41.6 Å². The van der Waals surface area contributed by atoms with E-state index in [4.69, 9.17) is 11.5 Å². The van der Waals surface area contributed by atoms with Crippen molar-refractivity contribution in [2.24, 2.45) is 5.73 Å². The number of hydrogen-bond donors (Lipinski definition) is 4. The molecular formula is C24H27N5O2. The number of H-pyrrole nitrogens is 1. The Morgan fingerprint density at radius 3 is 2.58 bits per heavy atom. The van der Waals surface area contributed by atoms with Gasteiger partial charge in [0.15, 0.2) is 0 Å². The number of carbonyl (C=O) groups excluding carboxylic acids is 1. The van der Waals surface area contributed by atoms with Crippen LogP contribution in [0.3, 0.4) is 0 Å². The minimum absolute atomic E-state index is 0.0501. The standard InChI is InChI=1S/C19H22N4O2.C5H5N/c1-2-18(25)23-8-7-12(11-23)16-10-13(19(21)22-16)9-15(20)14-5-3-4-6-17(14)24;1-2-4-6-5-3-1/h2-6,9-10,12,22,24H,1,7-8,11,20-21H2;1-5H/b15-9-;. The van der Waals surface area contributed by atoms with Crippen LogP contribution in [0.5, 0.6) is 5.75 Å². The summed E-state index contributed by atoms with van der Waals surface area (Å²) in [6.07, 6.45) is 7.45. The molecular weight excluding hydrogens is 390 g/mol. The smallest absolute Gasteiger partial charge is 0.245 e. The number of amides is 1. The topological polar surface area (TPSA) is 121 Å². The molecule has 160 valence electrons. The fourth-order valence-corrected chi connectivity index (χ4v) is 3.47. The van der Waals surface area contributed by atoms with Gasteiger partial charge in [-0.1, -0.05) is 24.8 Å². The molecule has 2 aromatic heterocycles. The van der Waals surface area contributed by atoms with E-state index in [-0.39, 0.29) is 17.6 Å². The summed E-state index contributed by atoms with van der Waals surface area (Å²) in [5, 5.41) is 9.91. The Hall–Kier alpha value is -4.00. The molecule has 1 atom stereocenters. The van der Waals surface area contributed by atoms with E-state index < -0.39 is 0 Å². The maximum Gasteiger partial charge on any atom is 0.245 e. The number of aromatic nitrogens is 2. The number of carbonyl (C=O) groups is 1. The van der Waals surface area contributed by atoms with Gasteiger partial charge in [0.25, 0.3) is 0 Å². The van der Waals surface area contributed by atoms with Gasteiger partial charge < -0.3 is 26.5 Å². The number of aromatic hydroxyl groups is 1. The number of phenols is 1. The number of para-hydroxylation sites is 1. The Morgan fingerprint density at radius 1 is 1.23 bits per heavy atom. The molecule has 0 spiro atoms. The van der Waals surface area contributed by atoms with Gasteiger partial charge in [-0.3, -0.25) is 9.78 Å². The van der Waals surface area contributed by atoms with E-state index in [1.807, 2.05) is 30.3 Å². The SMILES string of the molecule is C=CC(=O)N1CCC(c2cc(/C=C(\N)c3ccccc3O)c(N)[nH]2)C1.c1ccncc1. The van der Waals surface area contributed by atoms with Crippen molar-refractivity contribution in [2.75, 3.05) is 18.8 Å². The molecule has 1 aliphatic rings. The first-order chi connectivity index (χ1) is 15.0. The number of nitrogen functional groups attached to an aromatic ring is 1. The zero-order valence-corrected chi connectivity index (χ0v) is 17.2.